The van der Waals surface area contributed by atoms with Crippen molar-refractivity contribution >= 4 is 5.78 Å². The molecule has 94 valence electrons. The van der Waals surface area contributed by atoms with Crippen LogP contribution < -0.4 is 9.30 Å². The van der Waals surface area contributed by atoms with Crippen LogP contribution in [0.5, 0.6) is 5.75 Å². The number of rotatable bonds is 4. The molecule has 0 saturated heterocycles. The molecule has 0 unspecified atom stereocenters. The van der Waals surface area contributed by atoms with Crippen molar-refractivity contribution in [3.63, 3.8) is 0 Å². The van der Waals surface area contributed by atoms with Gasteiger partial charge in [0.15, 0.2) is 6.54 Å². The van der Waals surface area contributed by atoms with E-state index in [1.807, 2.05) is 53.7 Å². The summed E-state index contributed by atoms with van der Waals surface area (Å²) in [5, 5.41) is 0. The molecule has 18 heavy (non-hydrogen) atoms. The summed E-state index contributed by atoms with van der Waals surface area (Å²) in [6.07, 6.45) is 3.85. The minimum Gasteiger partial charge on any atom is -0.497 e. The van der Waals surface area contributed by atoms with Crippen LogP contribution in [0.4, 0.5) is 0 Å². The standard InChI is InChI=1S/C14H17N2O2/c1-11-15(2)7-8-16(11)10-14(17)12-5-4-6-13(9-12)18-3/h4-9H,10H2,1-3H3/q+1. The van der Waals surface area contributed by atoms with Crippen LogP contribution in [-0.2, 0) is 13.6 Å². The van der Waals surface area contributed by atoms with Crippen molar-refractivity contribution in [2.75, 3.05) is 7.11 Å². The molecule has 4 heteroatoms. The fourth-order valence-electron chi connectivity index (χ4n) is 1.81. The van der Waals surface area contributed by atoms with Gasteiger partial charge in [-0.15, -0.1) is 0 Å². The largest absolute Gasteiger partial charge is 0.497 e. The van der Waals surface area contributed by atoms with Gasteiger partial charge in [0.1, 0.15) is 18.1 Å². The van der Waals surface area contributed by atoms with E-state index in [4.69, 9.17) is 4.74 Å². The van der Waals surface area contributed by atoms with Crippen LogP contribution in [-0.4, -0.2) is 17.5 Å². The number of benzene rings is 1. The zero-order valence-electron chi connectivity index (χ0n) is 10.9. The minimum absolute atomic E-state index is 0.0770. The van der Waals surface area contributed by atoms with Crippen LogP contribution in [0.2, 0.25) is 0 Å². The van der Waals surface area contributed by atoms with E-state index in [0.29, 0.717) is 17.9 Å². The van der Waals surface area contributed by atoms with Gasteiger partial charge in [-0.3, -0.25) is 4.79 Å². The molecule has 0 amide bonds. The molecule has 1 aromatic heterocycles. The summed E-state index contributed by atoms with van der Waals surface area (Å²) in [4.78, 5) is 12.2. The summed E-state index contributed by atoms with van der Waals surface area (Å²) in [6, 6.07) is 7.23. The van der Waals surface area contributed by atoms with Crippen LogP contribution in [0.1, 0.15) is 16.2 Å². The lowest BCUT2D eigenvalue weighted by molar-refractivity contribution is -0.677. The van der Waals surface area contributed by atoms with Gasteiger partial charge in [-0.25, -0.2) is 9.13 Å². The first-order chi connectivity index (χ1) is 8.61. The summed E-state index contributed by atoms with van der Waals surface area (Å²) in [6.45, 7) is 2.33. The fourth-order valence-corrected chi connectivity index (χ4v) is 1.81. The molecule has 4 nitrogen and oxygen atoms in total. The number of carbonyl (C=O) groups is 1. The number of hydrogen-bond acceptors (Lipinski definition) is 2. The molecule has 0 bridgehead atoms. The van der Waals surface area contributed by atoms with E-state index in [9.17, 15) is 4.79 Å². The molecule has 1 heterocycles. The Bertz CT molecular complexity index is 573. The van der Waals surface area contributed by atoms with Gasteiger partial charge in [0, 0.05) is 12.5 Å². The highest BCUT2D eigenvalue weighted by Crippen LogP contribution is 2.13. The van der Waals surface area contributed by atoms with Crippen molar-refractivity contribution < 1.29 is 14.1 Å². The van der Waals surface area contributed by atoms with Crippen molar-refractivity contribution in [2.24, 2.45) is 7.05 Å². The summed E-state index contributed by atoms with van der Waals surface area (Å²) in [5.41, 5.74) is 0.671. The van der Waals surface area contributed by atoms with Gasteiger partial charge in [-0.05, 0) is 12.1 Å². The molecule has 0 aliphatic heterocycles. The normalized spacial score (nSPS) is 10.4. The van der Waals surface area contributed by atoms with E-state index in [0.717, 1.165) is 5.82 Å². The lowest BCUT2D eigenvalue weighted by Crippen LogP contribution is -2.30. The number of aryl methyl sites for hydroxylation is 1. The predicted octanol–water partition coefficient (Wildman–Crippen LogP) is 1.51. The molecule has 0 radical (unpaired) electrons. The third-order valence-corrected chi connectivity index (χ3v) is 3.10. The number of nitrogens with zero attached hydrogens (tertiary/aromatic N) is 2. The van der Waals surface area contributed by atoms with Crippen LogP contribution >= 0.6 is 0 Å². The van der Waals surface area contributed by atoms with Gasteiger partial charge in [-0.1, -0.05) is 12.1 Å². The fraction of sp³-hybridized carbons (Fsp3) is 0.286. The second-order valence-electron chi connectivity index (χ2n) is 4.24. The van der Waals surface area contributed by atoms with Crippen molar-refractivity contribution in [3.05, 3.63) is 48.0 Å². The maximum atomic E-state index is 12.2. The molecule has 1 aromatic carbocycles. The van der Waals surface area contributed by atoms with Gasteiger partial charge in [-0.2, -0.15) is 0 Å². The zero-order valence-corrected chi connectivity index (χ0v) is 10.9. The van der Waals surface area contributed by atoms with E-state index < -0.39 is 0 Å². The molecule has 2 rings (SSSR count). The maximum absolute atomic E-state index is 12.2. The van der Waals surface area contributed by atoms with Crippen LogP contribution in [0.25, 0.3) is 0 Å². The highest BCUT2D eigenvalue weighted by Gasteiger charge is 2.15. The van der Waals surface area contributed by atoms with Crippen LogP contribution in [0, 0.1) is 6.92 Å². The Morgan fingerprint density at radius 2 is 2.22 bits per heavy atom. The van der Waals surface area contributed by atoms with Crippen molar-refractivity contribution in [1.29, 1.82) is 0 Å². The van der Waals surface area contributed by atoms with E-state index in [1.54, 1.807) is 13.2 Å². The topological polar surface area (TPSA) is 35.1 Å². The Balaban J connectivity index is 2.19. The molecule has 0 aliphatic carbocycles. The number of ketones is 1. The van der Waals surface area contributed by atoms with Crippen molar-refractivity contribution in [1.82, 2.24) is 4.57 Å². The number of ether oxygens (including phenoxy) is 1. The highest BCUT2D eigenvalue weighted by atomic mass is 16.5. The predicted molar refractivity (Wildman–Crippen MR) is 67.7 cm³/mol. The van der Waals surface area contributed by atoms with Crippen molar-refractivity contribution in [3.8, 4) is 5.75 Å². The molecule has 0 spiro atoms. The Morgan fingerprint density at radius 1 is 1.44 bits per heavy atom. The second-order valence-corrected chi connectivity index (χ2v) is 4.24. The summed E-state index contributed by atoms with van der Waals surface area (Å²) in [5.74, 6) is 1.83. The monoisotopic (exact) mass is 245 g/mol. The first-order valence-electron chi connectivity index (χ1n) is 5.80. The van der Waals surface area contributed by atoms with Crippen LogP contribution in [0.3, 0.4) is 0 Å². The molecular formula is C14H17N2O2+. The Hall–Kier alpha value is -2.10. The number of aromatic nitrogens is 2. The Kier molecular flexibility index (Phi) is 3.46. The Morgan fingerprint density at radius 3 is 2.83 bits per heavy atom. The molecule has 0 N–H and O–H groups in total. The first-order valence-corrected chi connectivity index (χ1v) is 5.80. The first kappa shape index (κ1) is 12.4. The number of Topliss-reactive ketones (excluding diaryl/α,β-unsaturated/α-hetero) is 1. The number of hydrogen-bond donors (Lipinski definition) is 0. The van der Waals surface area contributed by atoms with Crippen LogP contribution in [0.15, 0.2) is 36.7 Å². The molecule has 0 aliphatic rings. The summed E-state index contributed by atoms with van der Waals surface area (Å²) < 4.78 is 9.04. The number of carbonyl (C=O) groups excluding carboxylic acids is 1. The SMILES string of the molecule is COc1cccc(C(=O)Cn2cc[n+](C)c2C)c1. The lowest BCUT2D eigenvalue weighted by atomic mass is 10.1. The molecule has 0 fully saturated rings. The minimum atomic E-state index is 0.0770. The van der Waals surface area contributed by atoms with E-state index in [1.165, 1.54) is 0 Å². The third kappa shape index (κ3) is 2.42. The molecular weight excluding hydrogens is 228 g/mol. The number of methoxy groups -OCH3 is 1. The molecule has 2 aromatic rings. The quantitative estimate of drug-likeness (QED) is 0.604. The molecule has 0 atom stereocenters. The Labute approximate surface area is 106 Å². The highest BCUT2D eigenvalue weighted by molar-refractivity contribution is 5.96. The van der Waals surface area contributed by atoms with Gasteiger partial charge in [0.05, 0.1) is 14.2 Å². The second kappa shape index (κ2) is 5.04. The average Bonchev–Trinajstić information content (AvgIpc) is 2.71. The smallest absolute Gasteiger partial charge is 0.253 e. The summed E-state index contributed by atoms with van der Waals surface area (Å²) in [7, 11) is 3.56. The van der Waals surface area contributed by atoms with E-state index >= 15 is 0 Å². The lowest BCUT2D eigenvalue weighted by Gasteiger charge is -2.03. The zero-order chi connectivity index (χ0) is 13.1. The van der Waals surface area contributed by atoms with Gasteiger partial charge in [0.25, 0.3) is 5.82 Å². The summed E-state index contributed by atoms with van der Waals surface area (Å²) >= 11 is 0. The van der Waals surface area contributed by atoms with Gasteiger partial charge < -0.3 is 4.74 Å². The van der Waals surface area contributed by atoms with E-state index in [2.05, 4.69) is 0 Å². The maximum Gasteiger partial charge on any atom is 0.253 e. The van der Waals surface area contributed by atoms with Gasteiger partial charge in [0.2, 0.25) is 5.78 Å². The molecule has 0 saturated carbocycles. The third-order valence-electron chi connectivity index (χ3n) is 3.10. The number of imidazole rings is 1. The average molecular weight is 245 g/mol. The van der Waals surface area contributed by atoms with Crippen molar-refractivity contribution in [2.45, 2.75) is 13.5 Å². The van der Waals surface area contributed by atoms with Gasteiger partial charge >= 0.3 is 0 Å². The van der Waals surface area contributed by atoms with E-state index in [-0.39, 0.29) is 5.78 Å².